The zero-order valence-electron chi connectivity index (χ0n) is 18.6. The summed E-state index contributed by atoms with van der Waals surface area (Å²) in [6.45, 7) is 5.78. The van der Waals surface area contributed by atoms with Crippen molar-refractivity contribution in [2.45, 2.75) is 45.5 Å². The smallest absolute Gasteiger partial charge is 0.356 e. The van der Waals surface area contributed by atoms with Crippen molar-refractivity contribution in [2.75, 3.05) is 18.0 Å². The molecule has 1 aliphatic rings. The number of amides is 1. The lowest BCUT2D eigenvalue weighted by Crippen LogP contribution is -2.45. The van der Waals surface area contributed by atoms with E-state index >= 15 is 0 Å². The van der Waals surface area contributed by atoms with Gasteiger partial charge in [0.15, 0.2) is 0 Å². The highest BCUT2D eigenvalue weighted by molar-refractivity contribution is 5.94. The Morgan fingerprint density at radius 1 is 1.12 bits per heavy atom. The van der Waals surface area contributed by atoms with Gasteiger partial charge < -0.3 is 10.2 Å². The molecular weight excluding hydrogens is 431 g/mol. The van der Waals surface area contributed by atoms with Gasteiger partial charge in [-0.3, -0.25) is 9.48 Å². The molecule has 0 unspecified atom stereocenters. The molecule has 33 heavy (non-hydrogen) atoms. The molecule has 0 saturated carbocycles. The highest BCUT2D eigenvalue weighted by Crippen LogP contribution is 2.29. The predicted octanol–water partition coefficient (Wildman–Crippen LogP) is 4.36. The van der Waals surface area contributed by atoms with Crippen LogP contribution >= 0.6 is 0 Å². The average molecular weight is 458 g/mol. The maximum absolute atomic E-state index is 12.8. The van der Waals surface area contributed by atoms with Crippen molar-refractivity contribution in [3.05, 3.63) is 76.7 Å². The van der Waals surface area contributed by atoms with Gasteiger partial charge in [-0.05, 0) is 62.6 Å². The van der Waals surface area contributed by atoms with Crippen LogP contribution in [0.25, 0.3) is 0 Å². The van der Waals surface area contributed by atoms with Gasteiger partial charge in [-0.15, -0.1) is 0 Å². The van der Waals surface area contributed by atoms with Crippen LogP contribution < -0.4 is 10.2 Å². The third-order valence-corrected chi connectivity index (χ3v) is 5.85. The second-order valence-electron chi connectivity index (χ2n) is 8.42. The Kier molecular flexibility index (Phi) is 6.40. The molecule has 1 aromatic carbocycles. The molecule has 1 amide bonds. The minimum atomic E-state index is -4.39. The van der Waals surface area contributed by atoms with Crippen LogP contribution in [-0.4, -0.2) is 39.8 Å². The van der Waals surface area contributed by atoms with Crippen molar-refractivity contribution >= 4 is 11.7 Å². The third-order valence-electron chi connectivity index (χ3n) is 5.85. The first-order valence-electron chi connectivity index (χ1n) is 10.9. The van der Waals surface area contributed by atoms with Crippen molar-refractivity contribution in [3.63, 3.8) is 0 Å². The molecule has 0 aliphatic carbocycles. The fourth-order valence-electron chi connectivity index (χ4n) is 4.08. The molecule has 6 nitrogen and oxygen atoms in total. The average Bonchev–Trinajstić information content (AvgIpc) is 3.10. The zero-order chi connectivity index (χ0) is 23.6. The van der Waals surface area contributed by atoms with Gasteiger partial charge in [0.2, 0.25) is 0 Å². The number of rotatable bonds is 5. The number of nitrogens with one attached hydrogen (secondary N) is 1. The molecule has 1 N–H and O–H groups in total. The van der Waals surface area contributed by atoms with Gasteiger partial charge >= 0.3 is 6.18 Å². The van der Waals surface area contributed by atoms with Gasteiger partial charge in [-0.1, -0.05) is 12.1 Å². The molecule has 3 heterocycles. The molecule has 174 valence electrons. The summed E-state index contributed by atoms with van der Waals surface area (Å²) in [5.41, 5.74) is 2.86. The van der Waals surface area contributed by atoms with Crippen molar-refractivity contribution in [1.29, 1.82) is 0 Å². The first kappa shape index (κ1) is 22.8. The number of aryl methyl sites for hydroxylation is 2. The normalized spacial score (nSPS) is 15.0. The Labute approximate surface area is 190 Å². The van der Waals surface area contributed by atoms with Gasteiger partial charge in [0.1, 0.15) is 5.82 Å². The molecule has 0 bridgehead atoms. The SMILES string of the molecule is Cc1cc(C)n(Cc2cccc(C(=O)NC3CCN(c4ccc(C(F)(F)F)cn4)CC3)c2)n1. The lowest BCUT2D eigenvalue weighted by molar-refractivity contribution is -0.137. The van der Waals surface area contributed by atoms with Gasteiger partial charge in [0.05, 0.1) is 17.8 Å². The largest absolute Gasteiger partial charge is 0.417 e. The second kappa shape index (κ2) is 9.25. The van der Waals surface area contributed by atoms with E-state index in [1.807, 2.05) is 47.7 Å². The van der Waals surface area contributed by atoms with Crippen molar-refractivity contribution in [3.8, 4) is 0 Å². The Bertz CT molecular complexity index is 1120. The minimum absolute atomic E-state index is 0.00265. The van der Waals surface area contributed by atoms with Gasteiger partial charge in [-0.25, -0.2) is 4.98 Å². The fraction of sp³-hybridized carbons (Fsp3) is 0.375. The van der Waals surface area contributed by atoms with Crippen LogP contribution in [0.2, 0.25) is 0 Å². The topological polar surface area (TPSA) is 63.1 Å². The molecule has 3 aromatic rings. The van der Waals surface area contributed by atoms with Crippen LogP contribution in [0.1, 0.15) is 45.7 Å². The summed E-state index contributed by atoms with van der Waals surface area (Å²) in [6, 6.07) is 12.0. The number of halogens is 3. The summed E-state index contributed by atoms with van der Waals surface area (Å²) in [7, 11) is 0. The van der Waals surface area contributed by atoms with Crippen LogP contribution in [-0.2, 0) is 12.7 Å². The number of carbonyl (C=O) groups excluding carboxylic acids is 1. The van der Waals surface area contributed by atoms with Crippen LogP contribution in [0.3, 0.4) is 0 Å². The molecule has 0 spiro atoms. The number of carbonyl (C=O) groups is 1. The zero-order valence-corrected chi connectivity index (χ0v) is 18.6. The Hall–Kier alpha value is -3.36. The molecule has 0 atom stereocenters. The summed E-state index contributed by atoms with van der Waals surface area (Å²) in [5.74, 6) is 0.390. The minimum Gasteiger partial charge on any atom is -0.356 e. The Balaban J connectivity index is 1.32. The van der Waals surface area contributed by atoms with E-state index in [1.54, 1.807) is 6.07 Å². The number of nitrogens with zero attached hydrogens (tertiary/aromatic N) is 4. The maximum Gasteiger partial charge on any atom is 0.417 e. The van der Waals surface area contributed by atoms with E-state index in [9.17, 15) is 18.0 Å². The maximum atomic E-state index is 12.8. The van der Waals surface area contributed by atoms with Gasteiger partial charge in [-0.2, -0.15) is 18.3 Å². The number of hydrogen-bond donors (Lipinski definition) is 1. The highest BCUT2D eigenvalue weighted by Gasteiger charge is 2.31. The van der Waals surface area contributed by atoms with Gasteiger partial charge in [0, 0.05) is 36.6 Å². The lowest BCUT2D eigenvalue weighted by Gasteiger charge is -2.33. The molecule has 2 aromatic heterocycles. The quantitative estimate of drug-likeness (QED) is 0.619. The van der Waals surface area contributed by atoms with E-state index in [2.05, 4.69) is 15.4 Å². The molecular formula is C24H26F3N5O. The summed E-state index contributed by atoms with van der Waals surface area (Å²) in [4.78, 5) is 18.7. The molecule has 4 rings (SSSR count). The molecule has 1 aliphatic heterocycles. The number of alkyl halides is 3. The number of aromatic nitrogens is 3. The number of benzene rings is 1. The van der Waals surface area contributed by atoms with E-state index < -0.39 is 11.7 Å². The standard InChI is InChI=1S/C24H26F3N5O/c1-16-12-17(2)32(30-16)15-18-4-3-5-19(13-18)23(33)29-21-8-10-31(11-9-21)22-7-6-20(14-28-22)24(25,26)27/h3-7,12-14,21H,8-11,15H2,1-2H3,(H,29,33). The highest BCUT2D eigenvalue weighted by atomic mass is 19.4. The van der Waals surface area contributed by atoms with E-state index in [0.717, 1.165) is 29.2 Å². The first-order chi connectivity index (χ1) is 15.7. The summed E-state index contributed by atoms with van der Waals surface area (Å²) >= 11 is 0. The number of pyridine rings is 1. The summed E-state index contributed by atoms with van der Waals surface area (Å²) < 4.78 is 40.1. The van der Waals surface area contributed by atoms with Crippen molar-refractivity contribution < 1.29 is 18.0 Å². The predicted molar refractivity (Wildman–Crippen MR) is 119 cm³/mol. The van der Waals surface area contributed by atoms with E-state index in [0.29, 0.717) is 43.9 Å². The van der Waals surface area contributed by atoms with Gasteiger partial charge in [0.25, 0.3) is 5.91 Å². The number of anilines is 1. The fourth-order valence-corrected chi connectivity index (χ4v) is 4.08. The van der Waals surface area contributed by atoms with Crippen LogP contribution in [0.15, 0.2) is 48.7 Å². The Morgan fingerprint density at radius 3 is 2.48 bits per heavy atom. The molecule has 9 heteroatoms. The van der Waals surface area contributed by atoms with E-state index in [4.69, 9.17) is 0 Å². The Morgan fingerprint density at radius 2 is 1.88 bits per heavy atom. The summed E-state index contributed by atoms with van der Waals surface area (Å²) in [5, 5.41) is 7.56. The lowest BCUT2D eigenvalue weighted by atomic mass is 10.0. The van der Waals surface area contributed by atoms with Crippen LogP contribution in [0.4, 0.5) is 19.0 Å². The van der Waals surface area contributed by atoms with Crippen LogP contribution in [0.5, 0.6) is 0 Å². The van der Waals surface area contributed by atoms with Crippen LogP contribution in [0, 0.1) is 13.8 Å². The third kappa shape index (κ3) is 5.53. The van der Waals surface area contributed by atoms with Crippen molar-refractivity contribution in [1.82, 2.24) is 20.1 Å². The second-order valence-corrected chi connectivity index (χ2v) is 8.42. The van der Waals surface area contributed by atoms with E-state index in [1.165, 1.54) is 6.07 Å². The molecule has 1 fully saturated rings. The monoisotopic (exact) mass is 457 g/mol. The van der Waals surface area contributed by atoms with Crippen molar-refractivity contribution in [2.24, 2.45) is 0 Å². The number of piperidine rings is 1. The number of hydrogen-bond acceptors (Lipinski definition) is 4. The summed E-state index contributed by atoms with van der Waals surface area (Å²) in [6.07, 6.45) is -2.14. The van der Waals surface area contributed by atoms with E-state index in [-0.39, 0.29) is 11.9 Å². The first-order valence-corrected chi connectivity index (χ1v) is 10.9. The molecule has 1 saturated heterocycles. The molecule has 0 radical (unpaired) electrons.